The molecule has 0 atom stereocenters. The lowest BCUT2D eigenvalue weighted by molar-refractivity contribution is -0.118. The molecule has 1 heterocycles. The van der Waals surface area contributed by atoms with Gasteiger partial charge in [-0.05, 0) is 30.3 Å². The van der Waals surface area contributed by atoms with E-state index in [1.54, 1.807) is 26.4 Å². The molecule has 0 bridgehead atoms. The van der Waals surface area contributed by atoms with Crippen LogP contribution in [-0.2, 0) is 4.79 Å². The lowest BCUT2D eigenvalue weighted by atomic mass is 10.2. The molecule has 0 fully saturated rings. The summed E-state index contributed by atoms with van der Waals surface area (Å²) < 4.78 is 17.4. The third kappa shape index (κ3) is 5.35. The van der Waals surface area contributed by atoms with E-state index in [0.717, 1.165) is 11.3 Å². The summed E-state index contributed by atoms with van der Waals surface area (Å²) in [4.78, 5) is 12.1. The number of aromatic nitrogens is 3. The van der Waals surface area contributed by atoms with Crippen LogP contribution in [0.3, 0.4) is 0 Å². The zero-order chi connectivity index (χ0) is 21.3. The van der Waals surface area contributed by atoms with Gasteiger partial charge < -0.3 is 25.4 Å². The number of methoxy groups -OCH3 is 2. The van der Waals surface area contributed by atoms with E-state index in [0.29, 0.717) is 35.6 Å². The molecule has 3 rings (SSSR count). The number of benzene rings is 2. The van der Waals surface area contributed by atoms with E-state index in [4.69, 9.17) is 20.1 Å². The number of ether oxygens (including phenoxy) is 3. The molecule has 1 aromatic heterocycles. The minimum absolute atomic E-state index is 0.146. The third-order valence-corrected chi connectivity index (χ3v) is 5.02. The van der Waals surface area contributed by atoms with Gasteiger partial charge in [-0.3, -0.25) is 4.79 Å². The summed E-state index contributed by atoms with van der Waals surface area (Å²) in [7, 11) is 3.12. The summed E-state index contributed by atoms with van der Waals surface area (Å²) in [6.45, 7) is 0.789. The molecule has 0 aliphatic rings. The number of thioether (sulfide) groups is 1. The highest BCUT2D eigenvalue weighted by Gasteiger charge is 2.15. The Morgan fingerprint density at radius 3 is 2.60 bits per heavy atom. The Bertz CT molecular complexity index is 981. The number of para-hydroxylation sites is 1. The summed E-state index contributed by atoms with van der Waals surface area (Å²) in [6, 6.07) is 14.8. The van der Waals surface area contributed by atoms with E-state index in [2.05, 4.69) is 15.5 Å². The van der Waals surface area contributed by atoms with Crippen molar-refractivity contribution in [2.24, 2.45) is 0 Å². The second-order valence-corrected chi connectivity index (χ2v) is 6.99. The molecule has 158 valence electrons. The second-order valence-electron chi connectivity index (χ2n) is 6.05. The summed E-state index contributed by atoms with van der Waals surface area (Å²) in [5.74, 6) is 8.51. The highest BCUT2D eigenvalue weighted by Crippen LogP contribution is 2.32. The number of nitrogens with two attached hydrogens (primary N) is 1. The first-order chi connectivity index (χ1) is 14.6. The zero-order valence-electron chi connectivity index (χ0n) is 16.7. The number of nitrogen functional groups attached to an aromatic ring is 1. The molecule has 0 aliphatic heterocycles. The summed E-state index contributed by atoms with van der Waals surface area (Å²) >= 11 is 1.20. The SMILES string of the molecule is COc1ccc(-c2nnc(SCC(=O)NCCOc3ccccc3)n2N)cc1OC. The molecule has 0 aliphatic carbocycles. The molecule has 3 aromatic rings. The fraction of sp³-hybridized carbons (Fsp3) is 0.250. The standard InChI is InChI=1S/C20H23N5O4S/c1-27-16-9-8-14(12-17(16)28-2)19-23-24-20(25(19)21)30-13-18(26)22-10-11-29-15-6-4-3-5-7-15/h3-9,12H,10-11,13,21H2,1-2H3,(H,22,26). The first-order valence-electron chi connectivity index (χ1n) is 9.12. The van der Waals surface area contributed by atoms with Gasteiger partial charge in [0.25, 0.3) is 0 Å². The maximum absolute atomic E-state index is 12.1. The van der Waals surface area contributed by atoms with Crippen LogP contribution < -0.4 is 25.4 Å². The van der Waals surface area contributed by atoms with Gasteiger partial charge in [0.05, 0.1) is 26.5 Å². The van der Waals surface area contributed by atoms with Gasteiger partial charge in [-0.1, -0.05) is 30.0 Å². The Morgan fingerprint density at radius 1 is 1.10 bits per heavy atom. The topological polar surface area (TPSA) is 114 Å². The van der Waals surface area contributed by atoms with Crippen LogP contribution in [0, 0.1) is 0 Å². The lowest BCUT2D eigenvalue weighted by Crippen LogP contribution is -2.29. The number of hydrogen-bond acceptors (Lipinski definition) is 8. The van der Waals surface area contributed by atoms with Crippen molar-refractivity contribution in [1.82, 2.24) is 20.2 Å². The van der Waals surface area contributed by atoms with E-state index in [1.165, 1.54) is 16.4 Å². The van der Waals surface area contributed by atoms with Crippen molar-refractivity contribution in [2.45, 2.75) is 5.16 Å². The molecule has 3 N–H and O–H groups in total. The predicted octanol–water partition coefficient (Wildman–Crippen LogP) is 1.96. The van der Waals surface area contributed by atoms with Crippen LogP contribution in [0.25, 0.3) is 11.4 Å². The molecule has 2 aromatic carbocycles. The van der Waals surface area contributed by atoms with Gasteiger partial charge in [-0.15, -0.1) is 10.2 Å². The van der Waals surface area contributed by atoms with Gasteiger partial charge in [-0.2, -0.15) is 0 Å². The highest BCUT2D eigenvalue weighted by molar-refractivity contribution is 7.99. The van der Waals surface area contributed by atoms with Gasteiger partial charge in [-0.25, -0.2) is 4.68 Å². The maximum atomic E-state index is 12.1. The minimum atomic E-state index is -0.146. The number of nitrogens with zero attached hydrogens (tertiary/aromatic N) is 3. The molecular formula is C20H23N5O4S. The van der Waals surface area contributed by atoms with Crippen molar-refractivity contribution in [2.75, 3.05) is 39.0 Å². The number of amides is 1. The van der Waals surface area contributed by atoms with E-state index in [1.807, 2.05) is 36.4 Å². The van der Waals surface area contributed by atoms with Crippen LogP contribution in [0.15, 0.2) is 53.7 Å². The van der Waals surface area contributed by atoms with Gasteiger partial charge in [0.15, 0.2) is 17.3 Å². The molecule has 0 unspecified atom stereocenters. The normalized spacial score (nSPS) is 10.5. The maximum Gasteiger partial charge on any atom is 0.230 e. The van der Waals surface area contributed by atoms with Gasteiger partial charge in [0, 0.05) is 5.56 Å². The van der Waals surface area contributed by atoms with E-state index < -0.39 is 0 Å². The van der Waals surface area contributed by atoms with E-state index in [9.17, 15) is 4.79 Å². The number of carbonyl (C=O) groups is 1. The zero-order valence-corrected chi connectivity index (χ0v) is 17.5. The monoisotopic (exact) mass is 429 g/mol. The van der Waals surface area contributed by atoms with Crippen molar-refractivity contribution < 1.29 is 19.0 Å². The van der Waals surface area contributed by atoms with Crippen LogP contribution in [0.5, 0.6) is 17.2 Å². The molecule has 9 nitrogen and oxygen atoms in total. The Balaban J connectivity index is 1.51. The molecule has 0 saturated heterocycles. The number of nitrogens with one attached hydrogen (secondary N) is 1. The molecule has 0 saturated carbocycles. The van der Waals surface area contributed by atoms with Gasteiger partial charge in [0.2, 0.25) is 11.1 Å². The van der Waals surface area contributed by atoms with E-state index >= 15 is 0 Å². The largest absolute Gasteiger partial charge is 0.493 e. The quantitative estimate of drug-likeness (QED) is 0.286. The van der Waals surface area contributed by atoms with Gasteiger partial charge in [0.1, 0.15) is 12.4 Å². The van der Waals surface area contributed by atoms with Crippen LogP contribution in [0.4, 0.5) is 0 Å². The molecule has 0 spiro atoms. The van der Waals surface area contributed by atoms with Crippen LogP contribution >= 0.6 is 11.8 Å². The summed E-state index contributed by atoms with van der Waals surface area (Å²) in [6.07, 6.45) is 0. The first-order valence-corrected chi connectivity index (χ1v) is 10.1. The third-order valence-electron chi connectivity index (χ3n) is 4.07. The van der Waals surface area contributed by atoms with Crippen molar-refractivity contribution in [3.05, 3.63) is 48.5 Å². The Morgan fingerprint density at radius 2 is 1.87 bits per heavy atom. The summed E-state index contributed by atoms with van der Waals surface area (Å²) in [5, 5.41) is 11.4. The highest BCUT2D eigenvalue weighted by atomic mass is 32.2. The Labute approximate surface area is 178 Å². The van der Waals surface area contributed by atoms with Crippen molar-refractivity contribution in [3.63, 3.8) is 0 Å². The first kappa shape index (κ1) is 21.3. The molecule has 30 heavy (non-hydrogen) atoms. The van der Waals surface area contributed by atoms with Crippen molar-refractivity contribution in [1.29, 1.82) is 0 Å². The Kier molecular flexibility index (Phi) is 7.39. The molecule has 10 heteroatoms. The molecular weight excluding hydrogens is 406 g/mol. The number of rotatable bonds is 10. The van der Waals surface area contributed by atoms with Crippen molar-refractivity contribution in [3.8, 4) is 28.6 Å². The van der Waals surface area contributed by atoms with Gasteiger partial charge >= 0.3 is 0 Å². The second kappa shape index (κ2) is 10.4. The molecule has 1 amide bonds. The fourth-order valence-corrected chi connectivity index (χ4v) is 3.29. The van der Waals surface area contributed by atoms with E-state index in [-0.39, 0.29) is 11.7 Å². The smallest absolute Gasteiger partial charge is 0.230 e. The molecule has 0 radical (unpaired) electrons. The fourth-order valence-electron chi connectivity index (χ4n) is 2.60. The van der Waals surface area contributed by atoms with Crippen LogP contribution in [0.2, 0.25) is 0 Å². The van der Waals surface area contributed by atoms with Crippen LogP contribution in [0.1, 0.15) is 0 Å². The van der Waals surface area contributed by atoms with Crippen molar-refractivity contribution >= 4 is 17.7 Å². The predicted molar refractivity (Wildman–Crippen MR) is 114 cm³/mol. The summed E-state index contributed by atoms with van der Waals surface area (Å²) in [5.41, 5.74) is 0.719. The minimum Gasteiger partial charge on any atom is -0.493 e. The number of hydrogen-bond donors (Lipinski definition) is 2. The lowest BCUT2D eigenvalue weighted by Gasteiger charge is -2.09. The van der Waals surface area contributed by atoms with Crippen LogP contribution in [-0.4, -0.2) is 53.9 Å². The Hall–Kier alpha value is -3.40. The average molecular weight is 430 g/mol. The average Bonchev–Trinajstić information content (AvgIpc) is 3.15. The number of carbonyl (C=O) groups excluding carboxylic acids is 1.